The highest BCUT2D eigenvalue weighted by atomic mass is 35.5. The third-order valence-corrected chi connectivity index (χ3v) is 2.01. The summed E-state index contributed by atoms with van der Waals surface area (Å²) in [7, 11) is 0. The van der Waals surface area contributed by atoms with Crippen LogP contribution < -0.4 is 9.47 Å². The van der Waals surface area contributed by atoms with Crippen molar-refractivity contribution in [3.8, 4) is 11.5 Å². The molecule has 0 fully saturated rings. The van der Waals surface area contributed by atoms with E-state index in [4.69, 9.17) is 27.9 Å². The zero-order chi connectivity index (χ0) is 12.3. The van der Waals surface area contributed by atoms with Gasteiger partial charge in [0.25, 0.3) is 0 Å². The molecule has 1 aromatic carbocycles. The predicted molar refractivity (Wildman–Crippen MR) is 54.0 cm³/mol. The van der Waals surface area contributed by atoms with Crippen LogP contribution in [-0.2, 0) is 0 Å². The number of alkyl halides is 3. The first-order valence-corrected chi connectivity index (χ1v) is 4.76. The van der Waals surface area contributed by atoms with Crippen LogP contribution in [0.2, 0.25) is 10.0 Å². The van der Waals surface area contributed by atoms with E-state index in [0.717, 1.165) is 12.1 Å². The van der Waals surface area contributed by atoms with Gasteiger partial charge in [-0.15, -0.1) is 13.2 Å². The van der Waals surface area contributed by atoms with Crippen LogP contribution in [0.4, 0.5) is 13.2 Å². The molecule has 0 aliphatic heterocycles. The molecule has 0 amide bonds. The van der Waals surface area contributed by atoms with Crippen LogP contribution in [0, 0.1) is 6.92 Å². The Morgan fingerprint density at radius 3 is 2.06 bits per heavy atom. The molecule has 0 aliphatic carbocycles. The maximum absolute atomic E-state index is 11.9. The van der Waals surface area contributed by atoms with Crippen LogP contribution in [0.1, 0.15) is 0 Å². The third-order valence-electron chi connectivity index (χ3n) is 1.45. The van der Waals surface area contributed by atoms with Crippen molar-refractivity contribution in [3.05, 3.63) is 29.1 Å². The van der Waals surface area contributed by atoms with Gasteiger partial charge in [0.05, 0.1) is 16.7 Å². The average Bonchev–Trinajstić information content (AvgIpc) is 2.08. The zero-order valence-corrected chi connectivity index (χ0v) is 9.29. The number of rotatable bonds is 3. The molecular formula is C9H6Cl2F3O2. The fraction of sp³-hybridized carbons (Fsp3) is 0.222. The predicted octanol–water partition coefficient (Wildman–Crippen LogP) is 4.10. The van der Waals surface area contributed by atoms with Gasteiger partial charge in [-0.3, -0.25) is 0 Å². The number of hydrogen-bond acceptors (Lipinski definition) is 2. The van der Waals surface area contributed by atoms with E-state index >= 15 is 0 Å². The number of halogens is 5. The summed E-state index contributed by atoms with van der Waals surface area (Å²) in [6, 6.07) is 1.93. The summed E-state index contributed by atoms with van der Waals surface area (Å²) in [6.45, 7) is 3.45. The highest BCUT2D eigenvalue weighted by Gasteiger charge is 2.31. The summed E-state index contributed by atoms with van der Waals surface area (Å²) in [6.07, 6.45) is -4.79. The summed E-state index contributed by atoms with van der Waals surface area (Å²) >= 11 is 11.3. The molecule has 0 saturated carbocycles. The molecule has 0 N–H and O–H groups in total. The van der Waals surface area contributed by atoms with Gasteiger partial charge in [-0.1, -0.05) is 23.2 Å². The van der Waals surface area contributed by atoms with E-state index in [-0.39, 0.29) is 22.4 Å². The maximum atomic E-state index is 11.9. The summed E-state index contributed by atoms with van der Waals surface area (Å²) in [5.41, 5.74) is 0. The molecular weight excluding hydrogens is 268 g/mol. The van der Waals surface area contributed by atoms with Crippen molar-refractivity contribution in [2.75, 3.05) is 6.61 Å². The molecule has 2 nitrogen and oxygen atoms in total. The monoisotopic (exact) mass is 273 g/mol. The van der Waals surface area contributed by atoms with Gasteiger partial charge in [-0.05, 0) is 6.92 Å². The molecule has 1 aromatic rings. The first-order chi connectivity index (χ1) is 7.33. The Morgan fingerprint density at radius 2 is 1.69 bits per heavy atom. The smallest absolute Gasteiger partial charge is 0.490 e. The van der Waals surface area contributed by atoms with Gasteiger partial charge in [-0.25, -0.2) is 0 Å². The summed E-state index contributed by atoms with van der Waals surface area (Å²) < 4.78 is 44.3. The van der Waals surface area contributed by atoms with Crippen LogP contribution in [0.15, 0.2) is 12.1 Å². The molecule has 0 heterocycles. The van der Waals surface area contributed by atoms with Crippen LogP contribution in [0.25, 0.3) is 0 Å². The van der Waals surface area contributed by atoms with Gasteiger partial charge in [0.1, 0.15) is 5.75 Å². The summed E-state index contributed by atoms with van der Waals surface area (Å²) in [5.74, 6) is -0.424. The Labute approximate surface area is 99.9 Å². The van der Waals surface area contributed by atoms with Crippen molar-refractivity contribution in [2.24, 2.45) is 0 Å². The molecule has 0 saturated heterocycles. The molecule has 0 unspecified atom stereocenters. The molecule has 1 radical (unpaired) electrons. The molecule has 16 heavy (non-hydrogen) atoms. The van der Waals surface area contributed by atoms with Crippen LogP contribution >= 0.6 is 23.2 Å². The summed E-state index contributed by atoms with van der Waals surface area (Å²) in [4.78, 5) is 0. The minimum Gasteiger partial charge on any atom is -0.490 e. The van der Waals surface area contributed by atoms with Gasteiger partial charge < -0.3 is 9.47 Å². The highest BCUT2D eigenvalue weighted by molar-refractivity contribution is 6.37. The average molecular weight is 274 g/mol. The SMILES string of the molecule is [CH2]COc1c(Cl)cc(OC(F)(F)F)cc1Cl. The zero-order valence-electron chi connectivity index (χ0n) is 7.78. The standard InChI is InChI=1S/C9H6Cl2F3O2/c1-2-15-8-6(10)3-5(4-7(8)11)16-9(12,13)14/h3-4H,1-2H2. The number of ether oxygens (including phenoxy) is 2. The molecule has 89 valence electrons. The number of hydrogen-bond donors (Lipinski definition) is 0. The lowest BCUT2D eigenvalue weighted by atomic mass is 10.3. The van der Waals surface area contributed by atoms with E-state index in [9.17, 15) is 13.2 Å². The van der Waals surface area contributed by atoms with E-state index in [1.54, 1.807) is 0 Å². The first kappa shape index (κ1) is 13.3. The summed E-state index contributed by atoms with van der Waals surface area (Å²) in [5, 5.41) is -0.147. The second-order valence-electron chi connectivity index (χ2n) is 2.61. The highest BCUT2D eigenvalue weighted by Crippen LogP contribution is 2.38. The Balaban J connectivity index is 3.00. The van der Waals surface area contributed by atoms with Gasteiger partial charge in [0.15, 0.2) is 5.75 Å². The van der Waals surface area contributed by atoms with Crippen LogP contribution in [0.5, 0.6) is 11.5 Å². The Kier molecular flexibility index (Phi) is 4.15. The van der Waals surface area contributed by atoms with Crippen molar-refractivity contribution in [3.63, 3.8) is 0 Å². The van der Waals surface area contributed by atoms with E-state index in [0.29, 0.717) is 0 Å². The lowest BCUT2D eigenvalue weighted by molar-refractivity contribution is -0.274. The van der Waals surface area contributed by atoms with E-state index in [2.05, 4.69) is 11.7 Å². The lowest BCUT2D eigenvalue weighted by Crippen LogP contribution is -2.17. The van der Waals surface area contributed by atoms with E-state index < -0.39 is 12.1 Å². The largest absolute Gasteiger partial charge is 0.573 e. The van der Waals surface area contributed by atoms with Gasteiger partial charge in [0.2, 0.25) is 0 Å². The fourth-order valence-corrected chi connectivity index (χ4v) is 1.55. The quantitative estimate of drug-likeness (QED) is 0.825. The third kappa shape index (κ3) is 3.64. The van der Waals surface area contributed by atoms with Crippen molar-refractivity contribution in [1.29, 1.82) is 0 Å². The van der Waals surface area contributed by atoms with Crippen molar-refractivity contribution in [1.82, 2.24) is 0 Å². The first-order valence-electron chi connectivity index (χ1n) is 4.00. The second-order valence-corrected chi connectivity index (χ2v) is 3.43. The fourth-order valence-electron chi connectivity index (χ4n) is 0.969. The van der Waals surface area contributed by atoms with E-state index in [1.807, 2.05) is 0 Å². The second kappa shape index (κ2) is 5.01. The van der Waals surface area contributed by atoms with Crippen LogP contribution in [-0.4, -0.2) is 13.0 Å². The van der Waals surface area contributed by atoms with Gasteiger partial charge in [0, 0.05) is 12.1 Å². The Bertz CT molecular complexity index is 357. The molecule has 0 aliphatic rings. The van der Waals surface area contributed by atoms with Crippen molar-refractivity contribution in [2.45, 2.75) is 6.36 Å². The molecule has 0 spiro atoms. The van der Waals surface area contributed by atoms with E-state index in [1.165, 1.54) is 0 Å². The number of benzene rings is 1. The van der Waals surface area contributed by atoms with Crippen molar-refractivity contribution >= 4 is 23.2 Å². The lowest BCUT2D eigenvalue weighted by Gasteiger charge is -2.12. The normalized spacial score (nSPS) is 11.4. The molecule has 7 heteroatoms. The van der Waals surface area contributed by atoms with Crippen LogP contribution in [0.3, 0.4) is 0 Å². The molecule has 0 bridgehead atoms. The van der Waals surface area contributed by atoms with Gasteiger partial charge in [-0.2, -0.15) is 0 Å². The Morgan fingerprint density at radius 1 is 1.19 bits per heavy atom. The molecule has 0 atom stereocenters. The van der Waals surface area contributed by atoms with Gasteiger partial charge >= 0.3 is 6.36 Å². The van der Waals surface area contributed by atoms with Crippen molar-refractivity contribution < 1.29 is 22.6 Å². The molecule has 0 aromatic heterocycles. The molecule has 1 rings (SSSR count). The Hall–Kier alpha value is -0.810. The minimum atomic E-state index is -4.79. The minimum absolute atomic E-state index is 0.0545. The maximum Gasteiger partial charge on any atom is 0.573 e. The topological polar surface area (TPSA) is 18.5 Å².